The molecular weight excluding hydrogens is 638 g/mol. The average Bonchev–Trinajstić information content (AvgIpc) is 3.04. The van der Waals surface area contributed by atoms with Gasteiger partial charge in [-0.1, -0.05) is 43.7 Å². The van der Waals surface area contributed by atoms with Gasteiger partial charge < -0.3 is 19.6 Å². The molecule has 1 fully saturated rings. The summed E-state index contributed by atoms with van der Waals surface area (Å²) in [4.78, 5) is 30.5. The molecule has 0 radical (unpaired) electrons. The fraction of sp³-hybridized carbons (Fsp3) is 0.556. The van der Waals surface area contributed by atoms with Crippen LogP contribution in [0.5, 0.6) is 5.75 Å². The second-order valence-corrected chi connectivity index (χ2v) is 16.3. The van der Waals surface area contributed by atoms with E-state index < -0.39 is 32.7 Å². The molecule has 0 saturated heterocycles. The molecule has 2 aromatic carbocycles. The van der Waals surface area contributed by atoms with Crippen LogP contribution in [0.15, 0.2) is 48.6 Å². The van der Waals surface area contributed by atoms with E-state index in [1.165, 1.54) is 4.90 Å². The first-order valence-electron chi connectivity index (χ1n) is 16.7. The molecule has 5 rings (SSSR count). The van der Waals surface area contributed by atoms with Crippen molar-refractivity contribution in [3.8, 4) is 5.75 Å². The number of halogens is 1. The van der Waals surface area contributed by atoms with Crippen LogP contribution in [0.3, 0.4) is 0 Å². The minimum Gasteiger partial charge on any atom is -0.487 e. The summed E-state index contributed by atoms with van der Waals surface area (Å²) in [6.45, 7) is 6.72. The van der Waals surface area contributed by atoms with Gasteiger partial charge >= 0.3 is 0 Å². The third-order valence-electron chi connectivity index (χ3n) is 10.6. The van der Waals surface area contributed by atoms with E-state index >= 15 is 0 Å². The first kappa shape index (κ1) is 35.2. The van der Waals surface area contributed by atoms with E-state index in [1.54, 1.807) is 52.2 Å². The van der Waals surface area contributed by atoms with Crippen LogP contribution in [0.1, 0.15) is 74.4 Å². The second kappa shape index (κ2) is 14.2. The number of aryl methyl sites for hydroxylation is 1. The molecule has 256 valence electrons. The highest BCUT2D eigenvalue weighted by molar-refractivity contribution is 7.90. The van der Waals surface area contributed by atoms with Gasteiger partial charge in [0.2, 0.25) is 15.9 Å². The molecule has 47 heavy (non-hydrogen) atoms. The van der Waals surface area contributed by atoms with Crippen LogP contribution in [0.4, 0.5) is 5.69 Å². The van der Waals surface area contributed by atoms with Crippen molar-refractivity contribution in [2.24, 2.45) is 23.7 Å². The number of rotatable bonds is 2. The number of ether oxygens (including phenoxy) is 1. The lowest BCUT2D eigenvalue weighted by Crippen LogP contribution is -2.56. The first-order chi connectivity index (χ1) is 22.2. The van der Waals surface area contributed by atoms with E-state index in [2.05, 4.69) is 9.62 Å². The van der Waals surface area contributed by atoms with Gasteiger partial charge in [0.1, 0.15) is 12.4 Å². The number of aliphatic hydroxyl groups is 1. The fourth-order valence-corrected chi connectivity index (χ4v) is 8.66. The van der Waals surface area contributed by atoms with Gasteiger partial charge in [0, 0.05) is 37.8 Å². The van der Waals surface area contributed by atoms with Crippen LogP contribution in [0, 0.1) is 23.7 Å². The van der Waals surface area contributed by atoms with Crippen LogP contribution >= 0.6 is 11.6 Å². The Balaban J connectivity index is 1.59. The first-order valence-corrected chi connectivity index (χ1v) is 18.6. The molecule has 1 saturated carbocycles. The lowest BCUT2D eigenvalue weighted by Gasteiger charge is -2.50. The van der Waals surface area contributed by atoms with Crippen LogP contribution in [0.2, 0.25) is 5.02 Å². The highest BCUT2D eigenvalue weighted by atomic mass is 35.5. The van der Waals surface area contributed by atoms with E-state index in [9.17, 15) is 23.1 Å². The number of hydrogen-bond acceptors (Lipinski definition) is 7. The van der Waals surface area contributed by atoms with Crippen LogP contribution in [-0.2, 0) is 27.8 Å². The summed E-state index contributed by atoms with van der Waals surface area (Å²) in [5.74, 6) is -1.46. The maximum atomic E-state index is 13.5. The third kappa shape index (κ3) is 7.50. The minimum absolute atomic E-state index is 0.0677. The van der Waals surface area contributed by atoms with Gasteiger partial charge in [-0.3, -0.25) is 9.59 Å². The van der Waals surface area contributed by atoms with Crippen molar-refractivity contribution in [1.82, 2.24) is 9.62 Å². The summed E-state index contributed by atoms with van der Waals surface area (Å²) >= 11 is 6.34. The van der Waals surface area contributed by atoms with E-state index in [0.29, 0.717) is 42.6 Å². The molecule has 0 aromatic heterocycles. The van der Waals surface area contributed by atoms with Crippen molar-refractivity contribution in [2.45, 2.75) is 76.8 Å². The zero-order chi connectivity index (χ0) is 34.1. The second-order valence-electron chi connectivity index (χ2n) is 13.9. The summed E-state index contributed by atoms with van der Waals surface area (Å²) in [5.41, 5.74) is 1.67. The predicted octanol–water partition coefficient (Wildman–Crippen LogP) is 5.59. The van der Waals surface area contributed by atoms with Gasteiger partial charge in [0.25, 0.3) is 5.91 Å². The van der Waals surface area contributed by atoms with E-state index in [1.807, 2.05) is 31.2 Å². The molecule has 2 bridgehead atoms. The number of carbonyl (C=O) groups is 2. The lowest BCUT2D eigenvalue weighted by atomic mass is 9.60. The summed E-state index contributed by atoms with van der Waals surface area (Å²) in [6.07, 6.45) is 8.14. The zero-order valence-electron chi connectivity index (χ0n) is 28.0. The summed E-state index contributed by atoms with van der Waals surface area (Å²) in [6, 6.07) is 10.9. The van der Waals surface area contributed by atoms with Gasteiger partial charge in [-0.15, -0.1) is 0 Å². The maximum Gasteiger partial charge on any atom is 0.264 e. The van der Waals surface area contributed by atoms with E-state index in [0.717, 1.165) is 43.2 Å². The predicted molar refractivity (Wildman–Crippen MR) is 185 cm³/mol. The number of nitrogens with zero attached hydrogens (tertiary/aromatic N) is 2. The molecule has 1 aliphatic carbocycles. The van der Waals surface area contributed by atoms with Crippen molar-refractivity contribution >= 4 is 39.1 Å². The smallest absolute Gasteiger partial charge is 0.264 e. The molecule has 3 aliphatic rings. The van der Waals surface area contributed by atoms with Crippen molar-refractivity contribution < 1.29 is 27.9 Å². The molecule has 2 aromatic rings. The highest BCUT2D eigenvalue weighted by Crippen LogP contribution is 2.48. The highest BCUT2D eigenvalue weighted by Gasteiger charge is 2.51. The molecule has 0 spiro atoms. The molecule has 2 amide bonds. The molecule has 9 nitrogen and oxygen atoms in total. The molecule has 11 heteroatoms. The Bertz CT molecular complexity index is 1630. The standard InChI is InChI=1S/C36H48ClN3O6S/c1-23-9-8-17-36(43,24(2)35(42)39(4)5)31-15-12-28(31)21-40-18-7-6-10-26-19-30(37)14-11-29(26)22-46-33-16-13-27(20-32(33)40)34(41)38-47(44,45)25(23)3/h8,11,13-14,16-17,19-20,23-25,28,31,43H,6-7,9-10,12,15,18,21-22H2,1-5H3,(H,38,41)/b17-8+/t23-,24-,25+,28-,31+,36+/m0/s1. The van der Waals surface area contributed by atoms with Crippen molar-refractivity contribution in [3.63, 3.8) is 0 Å². The van der Waals surface area contributed by atoms with Gasteiger partial charge in [0.15, 0.2) is 0 Å². The minimum atomic E-state index is -4.03. The van der Waals surface area contributed by atoms with Crippen molar-refractivity contribution in [2.75, 3.05) is 32.1 Å². The molecule has 0 unspecified atom stereocenters. The van der Waals surface area contributed by atoms with Gasteiger partial charge in [-0.2, -0.15) is 0 Å². The molecule has 6 atom stereocenters. The molecule has 2 aliphatic heterocycles. The maximum absolute atomic E-state index is 13.5. The number of anilines is 1. The normalized spacial score (nSPS) is 29.3. The summed E-state index contributed by atoms with van der Waals surface area (Å²) < 4.78 is 35.5. The average molecular weight is 686 g/mol. The Morgan fingerprint density at radius 2 is 1.89 bits per heavy atom. The summed E-state index contributed by atoms with van der Waals surface area (Å²) in [7, 11) is -0.642. The Morgan fingerprint density at radius 3 is 2.60 bits per heavy atom. The lowest BCUT2D eigenvalue weighted by molar-refractivity contribution is -0.147. The number of fused-ring (bicyclic) bond motifs is 3. The number of nitrogens with one attached hydrogen (secondary N) is 1. The topological polar surface area (TPSA) is 116 Å². The number of benzene rings is 2. The number of allylic oxidation sites excluding steroid dienone is 1. The Kier molecular flexibility index (Phi) is 10.6. The third-order valence-corrected chi connectivity index (χ3v) is 12.8. The SMILES string of the molecule is C[C@@H]1[C@@H](C)C/C=C/[C@@](O)([C@@H](C)C(=O)N(C)C)[C@@H]2CC[C@H]2CN2CCCCc3cc(Cl)ccc3COc3ccc(cc32)C(=O)NS1(=O)=O. The number of amides is 2. The Morgan fingerprint density at radius 1 is 1.13 bits per heavy atom. The Labute approximate surface area is 284 Å². The van der Waals surface area contributed by atoms with Gasteiger partial charge in [-0.25, -0.2) is 13.1 Å². The number of sulfonamides is 1. The van der Waals surface area contributed by atoms with E-state index in [4.69, 9.17) is 16.3 Å². The van der Waals surface area contributed by atoms with Gasteiger partial charge in [0.05, 0.1) is 22.5 Å². The van der Waals surface area contributed by atoms with Crippen molar-refractivity contribution in [3.05, 3.63) is 70.3 Å². The quantitative estimate of drug-likeness (QED) is 0.396. The molecule has 2 heterocycles. The van der Waals surface area contributed by atoms with Crippen molar-refractivity contribution in [1.29, 1.82) is 0 Å². The summed E-state index contributed by atoms with van der Waals surface area (Å²) in [5, 5.41) is 12.2. The van der Waals surface area contributed by atoms with Crippen LogP contribution in [0.25, 0.3) is 0 Å². The molecule has 2 N–H and O–H groups in total. The fourth-order valence-electron chi connectivity index (χ4n) is 7.18. The van der Waals surface area contributed by atoms with E-state index in [-0.39, 0.29) is 29.2 Å². The van der Waals surface area contributed by atoms with Crippen LogP contribution < -0.4 is 14.4 Å². The zero-order valence-corrected chi connectivity index (χ0v) is 29.6. The largest absolute Gasteiger partial charge is 0.487 e. The number of carbonyl (C=O) groups excluding carboxylic acids is 2. The molecular formula is C36H48ClN3O6S. The van der Waals surface area contributed by atoms with Crippen LogP contribution in [-0.4, -0.2) is 68.3 Å². The Hall–Kier alpha value is -3.08. The monoisotopic (exact) mass is 685 g/mol. The number of hydrogen-bond donors (Lipinski definition) is 2. The van der Waals surface area contributed by atoms with Gasteiger partial charge in [-0.05, 0) is 105 Å².